The van der Waals surface area contributed by atoms with Gasteiger partial charge < -0.3 is 11.1 Å². The molecule has 2 unspecified atom stereocenters. The minimum absolute atomic E-state index is 0.319. The lowest BCUT2D eigenvalue weighted by atomic mass is 10.0. The van der Waals surface area contributed by atoms with Crippen LogP contribution in [0.25, 0.3) is 0 Å². The monoisotopic (exact) mass is 222 g/mol. The van der Waals surface area contributed by atoms with Gasteiger partial charge in [0.1, 0.15) is 12.1 Å². The Morgan fingerprint density at radius 1 is 1.25 bits per heavy atom. The maximum absolute atomic E-state index is 5.63. The molecule has 0 aliphatic carbocycles. The van der Waals surface area contributed by atoms with Crippen LogP contribution < -0.4 is 11.1 Å². The van der Waals surface area contributed by atoms with Gasteiger partial charge in [0, 0.05) is 17.8 Å². The molecule has 16 heavy (non-hydrogen) atoms. The summed E-state index contributed by atoms with van der Waals surface area (Å²) >= 11 is 0. The lowest BCUT2D eigenvalue weighted by Gasteiger charge is -2.20. The molecule has 0 spiro atoms. The lowest BCUT2D eigenvalue weighted by Crippen LogP contribution is -2.29. The van der Waals surface area contributed by atoms with Crippen LogP contribution in [-0.4, -0.2) is 22.6 Å². The molecule has 0 saturated carbocycles. The molecule has 0 aromatic carbocycles. The van der Waals surface area contributed by atoms with Crippen molar-refractivity contribution in [2.45, 2.75) is 39.7 Å². The predicted molar refractivity (Wildman–Crippen MR) is 67.4 cm³/mol. The lowest BCUT2D eigenvalue weighted by molar-refractivity contribution is 0.520. The van der Waals surface area contributed by atoms with Crippen molar-refractivity contribution in [3.63, 3.8) is 0 Å². The molecular formula is C12H22N4. The van der Waals surface area contributed by atoms with Crippen LogP contribution in [0.3, 0.4) is 0 Å². The van der Waals surface area contributed by atoms with Gasteiger partial charge in [0.25, 0.3) is 0 Å². The highest BCUT2D eigenvalue weighted by Gasteiger charge is 2.11. The topological polar surface area (TPSA) is 63.8 Å². The predicted octanol–water partition coefficient (Wildman–Crippen LogP) is 2.00. The fourth-order valence-corrected chi connectivity index (χ4v) is 1.35. The number of nitrogens with one attached hydrogen (secondary N) is 1. The standard InChI is InChI=1S/C12H22N4/c1-8(2)11-5-12(15-7-14-11)16-10(4)9(3)6-13/h5,7-10H,6,13H2,1-4H3,(H,14,15,16). The summed E-state index contributed by atoms with van der Waals surface area (Å²) < 4.78 is 0. The van der Waals surface area contributed by atoms with Crippen molar-refractivity contribution in [3.8, 4) is 0 Å². The van der Waals surface area contributed by atoms with Crippen molar-refractivity contribution < 1.29 is 0 Å². The molecule has 0 aliphatic heterocycles. The van der Waals surface area contributed by atoms with Crippen LogP contribution in [0.4, 0.5) is 5.82 Å². The van der Waals surface area contributed by atoms with Crippen molar-refractivity contribution in [1.29, 1.82) is 0 Å². The van der Waals surface area contributed by atoms with Crippen LogP contribution in [0.15, 0.2) is 12.4 Å². The van der Waals surface area contributed by atoms with Gasteiger partial charge in [-0.3, -0.25) is 0 Å². The van der Waals surface area contributed by atoms with E-state index in [1.54, 1.807) is 6.33 Å². The zero-order valence-electron chi connectivity index (χ0n) is 10.6. The highest BCUT2D eigenvalue weighted by Crippen LogP contribution is 2.15. The number of hydrogen-bond acceptors (Lipinski definition) is 4. The molecule has 4 heteroatoms. The van der Waals surface area contributed by atoms with Crippen LogP contribution in [-0.2, 0) is 0 Å². The van der Waals surface area contributed by atoms with E-state index in [4.69, 9.17) is 5.73 Å². The first-order valence-electron chi connectivity index (χ1n) is 5.83. The van der Waals surface area contributed by atoms with E-state index >= 15 is 0 Å². The molecule has 1 heterocycles. The van der Waals surface area contributed by atoms with Gasteiger partial charge in [-0.1, -0.05) is 20.8 Å². The van der Waals surface area contributed by atoms with Gasteiger partial charge in [0.2, 0.25) is 0 Å². The highest BCUT2D eigenvalue weighted by atomic mass is 15.0. The molecule has 3 N–H and O–H groups in total. The number of rotatable bonds is 5. The first-order valence-corrected chi connectivity index (χ1v) is 5.83. The van der Waals surface area contributed by atoms with Crippen molar-refractivity contribution in [2.24, 2.45) is 11.7 Å². The Labute approximate surface area is 97.7 Å². The molecule has 0 saturated heterocycles. The Hall–Kier alpha value is -1.16. The average Bonchev–Trinajstić information content (AvgIpc) is 2.28. The van der Waals surface area contributed by atoms with Crippen LogP contribution in [0.5, 0.6) is 0 Å². The van der Waals surface area contributed by atoms with E-state index in [1.165, 1.54) is 0 Å². The van der Waals surface area contributed by atoms with Crippen molar-refractivity contribution >= 4 is 5.82 Å². The Bertz CT molecular complexity index is 325. The van der Waals surface area contributed by atoms with E-state index in [0.717, 1.165) is 11.5 Å². The molecule has 1 aromatic rings. The van der Waals surface area contributed by atoms with Gasteiger partial charge in [0.15, 0.2) is 0 Å². The fourth-order valence-electron chi connectivity index (χ4n) is 1.35. The summed E-state index contributed by atoms with van der Waals surface area (Å²) in [5, 5.41) is 3.36. The van der Waals surface area contributed by atoms with Crippen LogP contribution >= 0.6 is 0 Å². The second-order valence-corrected chi connectivity index (χ2v) is 4.63. The quantitative estimate of drug-likeness (QED) is 0.799. The summed E-state index contributed by atoms with van der Waals surface area (Å²) in [7, 11) is 0. The van der Waals surface area contributed by atoms with Gasteiger partial charge in [0.05, 0.1) is 0 Å². The molecular weight excluding hydrogens is 200 g/mol. The van der Waals surface area contributed by atoms with Gasteiger partial charge >= 0.3 is 0 Å². The van der Waals surface area contributed by atoms with Crippen molar-refractivity contribution in [2.75, 3.05) is 11.9 Å². The molecule has 90 valence electrons. The Kier molecular flexibility index (Phi) is 4.68. The Balaban J connectivity index is 2.70. The first kappa shape index (κ1) is 12.9. The molecule has 0 amide bonds. The third-order valence-electron chi connectivity index (χ3n) is 2.88. The van der Waals surface area contributed by atoms with E-state index in [0.29, 0.717) is 24.4 Å². The number of anilines is 1. The molecule has 4 nitrogen and oxygen atoms in total. The summed E-state index contributed by atoms with van der Waals surface area (Å²) in [4.78, 5) is 8.45. The number of nitrogens with zero attached hydrogens (tertiary/aromatic N) is 2. The van der Waals surface area contributed by atoms with E-state index < -0.39 is 0 Å². The zero-order valence-corrected chi connectivity index (χ0v) is 10.6. The van der Waals surface area contributed by atoms with Gasteiger partial charge in [-0.05, 0) is 25.3 Å². The Morgan fingerprint density at radius 3 is 2.50 bits per heavy atom. The summed E-state index contributed by atoms with van der Waals surface area (Å²) in [5.74, 6) is 1.73. The SMILES string of the molecule is CC(C)c1cc(NC(C)C(C)CN)ncn1. The van der Waals surface area contributed by atoms with Crippen LogP contribution in [0, 0.1) is 5.92 Å². The molecule has 1 aromatic heterocycles. The minimum Gasteiger partial charge on any atom is -0.367 e. The minimum atomic E-state index is 0.319. The van der Waals surface area contributed by atoms with Crippen LogP contribution in [0.2, 0.25) is 0 Å². The van der Waals surface area contributed by atoms with E-state index in [-0.39, 0.29) is 0 Å². The molecule has 0 aliphatic rings. The maximum Gasteiger partial charge on any atom is 0.129 e. The number of aromatic nitrogens is 2. The average molecular weight is 222 g/mol. The van der Waals surface area contributed by atoms with Crippen LogP contribution in [0.1, 0.15) is 39.3 Å². The fraction of sp³-hybridized carbons (Fsp3) is 0.667. The molecule has 0 radical (unpaired) electrons. The summed E-state index contributed by atoms with van der Waals surface area (Å²) in [5.41, 5.74) is 6.69. The molecule has 1 rings (SSSR count). The van der Waals surface area contributed by atoms with E-state index in [1.807, 2.05) is 6.07 Å². The van der Waals surface area contributed by atoms with Crippen molar-refractivity contribution in [3.05, 3.63) is 18.1 Å². The highest BCUT2D eigenvalue weighted by molar-refractivity contribution is 5.36. The zero-order chi connectivity index (χ0) is 12.1. The smallest absolute Gasteiger partial charge is 0.129 e. The van der Waals surface area contributed by atoms with E-state index in [2.05, 4.69) is 43.0 Å². The molecule has 0 bridgehead atoms. The van der Waals surface area contributed by atoms with Gasteiger partial charge in [-0.15, -0.1) is 0 Å². The normalized spacial score (nSPS) is 14.9. The maximum atomic E-state index is 5.63. The Morgan fingerprint density at radius 2 is 1.94 bits per heavy atom. The largest absolute Gasteiger partial charge is 0.367 e. The van der Waals surface area contributed by atoms with Gasteiger partial charge in [-0.2, -0.15) is 0 Å². The number of nitrogens with two attached hydrogens (primary N) is 1. The summed E-state index contributed by atoms with van der Waals surface area (Å²) in [6.07, 6.45) is 1.61. The van der Waals surface area contributed by atoms with Crippen molar-refractivity contribution in [1.82, 2.24) is 9.97 Å². The second kappa shape index (κ2) is 5.80. The molecule has 2 atom stereocenters. The first-order chi connectivity index (χ1) is 7.54. The summed E-state index contributed by atoms with van der Waals surface area (Å²) in [6.45, 7) is 9.17. The molecule has 0 fully saturated rings. The van der Waals surface area contributed by atoms with Gasteiger partial charge in [-0.25, -0.2) is 9.97 Å². The third kappa shape index (κ3) is 3.45. The summed E-state index contributed by atoms with van der Waals surface area (Å²) in [6, 6.07) is 2.32. The third-order valence-corrected chi connectivity index (χ3v) is 2.88. The second-order valence-electron chi connectivity index (χ2n) is 4.63. The van der Waals surface area contributed by atoms with E-state index in [9.17, 15) is 0 Å². The number of hydrogen-bond donors (Lipinski definition) is 2.